The molecule has 0 aromatic rings. The topological polar surface area (TPSA) is 41.6 Å². The predicted molar refractivity (Wildman–Crippen MR) is 62.3 cm³/mol. The van der Waals surface area contributed by atoms with Crippen LogP contribution in [-0.4, -0.2) is 43.8 Å². The van der Waals surface area contributed by atoms with Crippen molar-refractivity contribution in [3.05, 3.63) is 0 Å². The molecule has 0 aromatic heterocycles. The van der Waals surface area contributed by atoms with Crippen LogP contribution in [0.15, 0.2) is 0 Å². The Labute approximate surface area is 97.3 Å². The molecule has 0 bridgehead atoms. The third-order valence-corrected chi connectivity index (χ3v) is 3.64. The fourth-order valence-electron chi connectivity index (χ4n) is 2.78. The number of hydrogen-bond donors (Lipinski definition) is 1. The zero-order valence-electron chi connectivity index (χ0n) is 10.1. The van der Waals surface area contributed by atoms with Gasteiger partial charge >= 0.3 is 6.09 Å². The van der Waals surface area contributed by atoms with Crippen molar-refractivity contribution in [3.63, 3.8) is 0 Å². The number of nitrogens with one attached hydrogen (secondary N) is 1. The van der Waals surface area contributed by atoms with Crippen LogP contribution in [0.5, 0.6) is 0 Å². The van der Waals surface area contributed by atoms with E-state index in [0.29, 0.717) is 18.6 Å². The summed E-state index contributed by atoms with van der Waals surface area (Å²) in [5, 5.41) is 3.16. The highest BCUT2D eigenvalue weighted by Gasteiger charge is 2.32. The average molecular weight is 226 g/mol. The van der Waals surface area contributed by atoms with Gasteiger partial charge in [-0.3, -0.25) is 0 Å². The van der Waals surface area contributed by atoms with Crippen LogP contribution in [0.1, 0.15) is 32.1 Å². The van der Waals surface area contributed by atoms with Crippen LogP contribution in [0.4, 0.5) is 4.79 Å². The number of rotatable bonds is 3. The molecule has 4 heteroatoms. The van der Waals surface area contributed by atoms with E-state index in [9.17, 15) is 4.79 Å². The van der Waals surface area contributed by atoms with E-state index < -0.39 is 0 Å². The molecule has 1 N–H and O–H groups in total. The minimum atomic E-state index is -0.0979. The molecule has 1 aliphatic carbocycles. The summed E-state index contributed by atoms with van der Waals surface area (Å²) in [6.45, 7) is 2.36. The van der Waals surface area contributed by atoms with E-state index in [0.717, 1.165) is 25.9 Å². The summed E-state index contributed by atoms with van der Waals surface area (Å²) in [5.41, 5.74) is 0. The highest BCUT2D eigenvalue weighted by molar-refractivity contribution is 5.68. The smallest absolute Gasteiger partial charge is 0.410 e. The molecule has 1 atom stereocenters. The predicted octanol–water partition coefficient (Wildman–Crippen LogP) is 1.61. The van der Waals surface area contributed by atoms with E-state index in [2.05, 4.69) is 5.32 Å². The molecule has 2 rings (SSSR count). The summed E-state index contributed by atoms with van der Waals surface area (Å²) in [5.74, 6) is 0.449. The van der Waals surface area contributed by atoms with Crippen molar-refractivity contribution in [1.82, 2.24) is 10.2 Å². The first-order chi connectivity index (χ1) is 7.81. The maximum atomic E-state index is 11.7. The number of hydrogen-bond acceptors (Lipinski definition) is 3. The van der Waals surface area contributed by atoms with Gasteiger partial charge in [0.25, 0.3) is 0 Å². The van der Waals surface area contributed by atoms with Crippen molar-refractivity contribution in [2.24, 2.45) is 5.92 Å². The summed E-state index contributed by atoms with van der Waals surface area (Å²) in [6, 6.07) is 0.431. The van der Waals surface area contributed by atoms with Gasteiger partial charge in [0, 0.05) is 25.0 Å². The summed E-state index contributed by atoms with van der Waals surface area (Å²) >= 11 is 0. The fourth-order valence-corrected chi connectivity index (χ4v) is 2.78. The average Bonchev–Trinajstić information content (AvgIpc) is 2.33. The monoisotopic (exact) mass is 226 g/mol. The maximum absolute atomic E-state index is 11.7. The summed E-state index contributed by atoms with van der Waals surface area (Å²) < 4.78 is 5.26. The molecule has 1 saturated carbocycles. The van der Waals surface area contributed by atoms with Crippen LogP contribution in [0.2, 0.25) is 0 Å². The summed E-state index contributed by atoms with van der Waals surface area (Å²) in [4.78, 5) is 13.7. The second-order valence-corrected chi connectivity index (χ2v) is 4.94. The van der Waals surface area contributed by atoms with Crippen molar-refractivity contribution >= 4 is 6.09 Å². The van der Waals surface area contributed by atoms with Gasteiger partial charge in [0.2, 0.25) is 0 Å². The van der Waals surface area contributed by atoms with Crippen LogP contribution in [0.3, 0.4) is 0 Å². The molecule has 1 unspecified atom stereocenters. The molecule has 1 aliphatic heterocycles. The van der Waals surface area contributed by atoms with Crippen molar-refractivity contribution in [2.75, 3.05) is 26.7 Å². The first kappa shape index (κ1) is 11.7. The minimum absolute atomic E-state index is 0.0979. The highest BCUT2D eigenvalue weighted by atomic mass is 16.6. The Balaban J connectivity index is 1.91. The summed E-state index contributed by atoms with van der Waals surface area (Å²) in [7, 11) is 1.95. The van der Waals surface area contributed by atoms with E-state index in [-0.39, 0.29) is 6.09 Å². The van der Waals surface area contributed by atoms with Gasteiger partial charge in [-0.25, -0.2) is 4.79 Å². The van der Waals surface area contributed by atoms with Crippen molar-refractivity contribution in [2.45, 2.75) is 38.1 Å². The van der Waals surface area contributed by atoms with Gasteiger partial charge in [-0.2, -0.15) is 0 Å². The standard InChI is InChI=1S/C12H22N2O2/c1-13-7-10-8-14(12(15)16-9-10)11-5-3-2-4-6-11/h10-11,13H,2-9H2,1H3. The second-order valence-electron chi connectivity index (χ2n) is 4.94. The van der Waals surface area contributed by atoms with Crippen LogP contribution in [-0.2, 0) is 4.74 Å². The molecule has 4 nitrogen and oxygen atoms in total. The highest BCUT2D eigenvalue weighted by Crippen LogP contribution is 2.25. The molecule has 1 heterocycles. The number of carbonyl (C=O) groups is 1. The zero-order chi connectivity index (χ0) is 11.4. The molecule has 0 spiro atoms. The van der Waals surface area contributed by atoms with Crippen LogP contribution in [0, 0.1) is 5.92 Å². The van der Waals surface area contributed by atoms with Gasteiger partial charge < -0.3 is 15.0 Å². The largest absolute Gasteiger partial charge is 0.449 e. The minimum Gasteiger partial charge on any atom is -0.449 e. The van der Waals surface area contributed by atoms with E-state index in [1.165, 1.54) is 19.3 Å². The van der Waals surface area contributed by atoms with Gasteiger partial charge in [-0.1, -0.05) is 19.3 Å². The molecule has 1 amide bonds. The fraction of sp³-hybridized carbons (Fsp3) is 0.917. The van der Waals surface area contributed by atoms with Gasteiger partial charge in [0.05, 0.1) is 6.61 Å². The number of amides is 1. The summed E-state index contributed by atoms with van der Waals surface area (Å²) in [6.07, 6.45) is 6.04. The van der Waals surface area contributed by atoms with E-state index >= 15 is 0 Å². The van der Waals surface area contributed by atoms with Gasteiger partial charge in [0.1, 0.15) is 0 Å². The lowest BCUT2D eigenvalue weighted by Crippen LogP contribution is -2.50. The van der Waals surface area contributed by atoms with Crippen LogP contribution >= 0.6 is 0 Å². The molecular formula is C12H22N2O2. The number of nitrogens with zero attached hydrogens (tertiary/aromatic N) is 1. The SMILES string of the molecule is CNCC1COC(=O)N(C2CCCCC2)C1. The third kappa shape index (κ3) is 2.67. The Kier molecular flexibility index (Phi) is 4.04. The van der Waals surface area contributed by atoms with Crippen molar-refractivity contribution in [1.29, 1.82) is 0 Å². The third-order valence-electron chi connectivity index (χ3n) is 3.64. The molecule has 16 heavy (non-hydrogen) atoms. The van der Waals surface area contributed by atoms with Crippen molar-refractivity contribution < 1.29 is 9.53 Å². The Morgan fingerprint density at radius 1 is 1.38 bits per heavy atom. The quantitative estimate of drug-likeness (QED) is 0.795. The van der Waals surface area contributed by atoms with E-state index in [1.54, 1.807) is 0 Å². The molecule has 0 aromatic carbocycles. The number of ether oxygens (including phenoxy) is 1. The lowest BCUT2D eigenvalue weighted by atomic mass is 9.93. The first-order valence-electron chi connectivity index (χ1n) is 6.39. The van der Waals surface area contributed by atoms with Gasteiger partial charge in [0.15, 0.2) is 0 Å². The van der Waals surface area contributed by atoms with Crippen molar-refractivity contribution in [3.8, 4) is 0 Å². The molecule has 0 radical (unpaired) electrons. The number of carbonyl (C=O) groups excluding carboxylic acids is 1. The van der Waals surface area contributed by atoms with Gasteiger partial charge in [-0.15, -0.1) is 0 Å². The Morgan fingerprint density at radius 3 is 2.81 bits per heavy atom. The van der Waals surface area contributed by atoms with Crippen LogP contribution in [0.25, 0.3) is 0 Å². The van der Waals surface area contributed by atoms with E-state index in [4.69, 9.17) is 4.74 Å². The molecule has 1 saturated heterocycles. The second kappa shape index (κ2) is 5.53. The van der Waals surface area contributed by atoms with E-state index in [1.807, 2.05) is 11.9 Å². The lowest BCUT2D eigenvalue weighted by molar-refractivity contribution is 0.0199. The molecule has 92 valence electrons. The Morgan fingerprint density at radius 2 is 2.12 bits per heavy atom. The molecule has 2 aliphatic rings. The first-order valence-corrected chi connectivity index (χ1v) is 6.39. The van der Waals surface area contributed by atoms with Gasteiger partial charge in [-0.05, 0) is 19.9 Å². The zero-order valence-corrected chi connectivity index (χ0v) is 10.1. The Hall–Kier alpha value is -0.770. The molecule has 2 fully saturated rings. The number of cyclic esters (lactones) is 1. The maximum Gasteiger partial charge on any atom is 0.410 e. The Bertz CT molecular complexity index is 239. The molecular weight excluding hydrogens is 204 g/mol. The normalized spacial score (nSPS) is 27.9. The van der Waals surface area contributed by atoms with Crippen LogP contribution < -0.4 is 5.32 Å². The lowest BCUT2D eigenvalue weighted by Gasteiger charge is -2.39.